The Balaban J connectivity index is 2.17. The molecule has 1 N–H and O–H groups in total. The number of hydrogen-bond acceptors (Lipinski definition) is 4. The van der Waals surface area contributed by atoms with E-state index in [1.807, 2.05) is 7.05 Å². The molecule has 1 aromatic rings. The molecule has 0 radical (unpaired) electrons. The lowest BCUT2D eigenvalue weighted by molar-refractivity contribution is 0.230. The van der Waals surface area contributed by atoms with Crippen molar-refractivity contribution in [3.63, 3.8) is 0 Å². The van der Waals surface area contributed by atoms with Gasteiger partial charge in [-0.15, -0.1) is 0 Å². The van der Waals surface area contributed by atoms with E-state index in [-0.39, 0.29) is 6.04 Å². The molecule has 4 heteroatoms. The Hall–Kier alpha value is -1.16. The van der Waals surface area contributed by atoms with Crippen molar-refractivity contribution in [3.8, 4) is 5.88 Å². The summed E-state index contributed by atoms with van der Waals surface area (Å²) in [5.41, 5.74) is 0.946. The lowest BCUT2D eigenvalue weighted by Crippen LogP contribution is -2.29. The van der Waals surface area contributed by atoms with E-state index < -0.39 is 0 Å². The molecule has 1 fully saturated rings. The van der Waals surface area contributed by atoms with E-state index >= 15 is 0 Å². The van der Waals surface area contributed by atoms with Gasteiger partial charge in [0.15, 0.2) is 0 Å². The second-order valence-electron chi connectivity index (χ2n) is 5.24. The predicted molar refractivity (Wildman–Crippen MR) is 71.5 cm³/mol. The van der Waals surface area contributed by atoms with Gasteiger partial charge in [-0.25, -0.2) is 4.98 Å². The highest BCUT2D eigenvalue weighted by Gasteiger charge is 2.29. The number of methoxy groups -OCH3 is 1. The van der Waals surface area contributed by atoms with Gasteiger partial charge in [0, 0.05) is 12.4 Å². The molecule has 4 nitrogen and oxygen atoms in total. The normalized spacial score (nSPS) is 25.7. The second kappa shape index (κ2) is 6.14. The standard InChI is InChI=1S/C14H23N3O/c1-10-4-6-11(7-5-10)12(15-2)13-14(18-3)17-9-8-16-13/h8-12,15H,4-7H2,1-3H3. The van der Waals surface area contributed by atoms with E-state index in [9.17, 15) is 0 Å². The molecule has 0 bridgehead atoms. The number of rotatable bonds is 4. The molecular weight excluding hydrogens is 226 g/mol. The summed E-state index contributed by atoms with van der Waals surface area (Å²) < 4.78 is 5.33. The highest BCUT2D eigenvalue weighted by molar-refractivity contribution is 5.22. The van der Waals surface area contributed by atoms with Gasteiger partial charge in [0.1, 0.15) is 5.69 Å². The first-order valence-electron chi connectivity index (χ1n) is 6.78. The molecule has 18 heavy (non-hydrogen) atoms. The summed E-state index contributed by atoms with van der Waals surface area (Å²) in [6.07, 6.45) is 8.56. The van der Waals surface area contributed by atoms with Crippen molar-refractivity contribution >= 4 is 0 Å². The summed E-state index contributed by atoms with van der Waals surface area (Å²) in [5, 5.41) is 3.40. The van der Waals surface area contributed by atoms with Crippen LogP contribution < -0.4 is 10.1 Å². The zero-order valence-corrected chi connectivity index (χ0v) is 11.5. The minimum atomic E-state index is 0.251. The van der Waals surface area contributed by atoms with Gasteiger partial charge >= 0.3 is 0 Å². The van der Waals surface area contributed by atoms with Crippen LogP contribution in [0.3, 0.4) is 0 Å². The van der Waals surface area contributed by atoms with Gasteiger partial charge in [-0.2, -0.15) is 0 Å². The van der Waals surface area contributed by atoms with Crippen LogP contribution in [0, 0.1) is 11.8 Å². The van der Waals surface area contributed by atoms with Crippen molar-refractivity contribution in [1.29, 1.82) is 0 Å². The van der Waals surface area contributed by atoms with Crippen molar-refractivity contribution in [2.24, 2.45) is 11.8 Å². The highest BCUT2D eigenvalue weighted by atomic mass is 16.5. The molecule has 1 saturated carbocycles. The number of hydrogen-bond donors (Lipinski definition) is 1. The molecule has 1 aromatic heterocycles. The molecule has 1 heterocycles. The quantitative estimate of drug-likeness (QED) is 0.891. The van der Waals surface area contributed by atoms with E-state index in [2.05, 4.69) is 22.2 Å². The van der Waals surface area contributed by atoms with E-state index in [0.29, 0.717) is 11.8 Å². The number of ether oxygens (including phenoxy) is 1. The third-order valence-corrected chi connectivity index (χ3v) is 4.02. The van der Waals surface area contributed by atoms with Gasteiger partial charge in [-0.05, 0) is 31.7 Å². The summed E-state index contributed by atoms with van der Waals surface area (Å²) in [7, 11) is 3.65. The van der Waals surface area contributed by atoms with Crippen molar-refractivity contribution in [3.05, 3.63) is 18.1 Å². The van der Waals surface area contributed by atoms with Crippen LogP contribution in [0.4, 0.5) is 0 Å². The van der Waals surface area contributed by atoms with Gasteiger partial charge < -0.3 is 10.1 Å². The van der Waals surface area contributed by atoms with Crippen LogP contribution >= 0.6 is 0 Å². The first-order chi connectivity index (χ1) is 8.76. The fraction of sp³-hybridized carbons (Fsp3) is 0.714. The third-order valence-electron chi connectivity index (χ3n) is 4.02. The van der Waals surface area contributed by atoms with Crippen LogP contribution in [0.1, 0.15) is 44.3 Å². The van der Waals surface area contributed by atoms with Crippen molar-refractivity contribution in [2.75, 3.05) is 14.2 Å². The summed E-state index contributed by atoms with van der Waals surface area (Å²) >= 11 is 0. The fourth-order valence-corrected chi connectivity index (χ4v) is 2.92. The largest absolute Gasteiger partial charge is 0.480 e. The lowest BCUT2D eigenvalue weighted by Gasteiger charge is -2.32. The van der Waals surface area contributed by atoms with E-state index in [1.54, 1.807) is 19.5 Å². The SMILES string of the molecule is CNC(c1nccnc1OC)C1CCC(C)CC1. The molecule has 0 amide bonds. The zero-order chi connectivity index (χ0) is 13.0. The molecule has 1 aliphatic carbocycles. The van der Waals surface area contributed by atoms with Crippen molar-refractivity contribution in [2.45, 2.75) is 38.6 Å². The maximum Gasteiger partial charge on any atom is 0.237 e. The molecule has 0 spiro atoms. The second-order valence-corrected chi connectivity index (χ2v) is 5.24. The highest BCUT2D eigenvalue weighted by Crippen LogP contribution is 2.37. The van der Waals surface area contributed by atoms with Crippen LogP contribution in [0.25, 0.3) is 0 Å². The average Bonchev–Trinajstić information content (AvgIpc) is 2.42. The number of nitrogens with one attached hydrogen (secondary N) is 1. The monoisotopic (exact) mass is 249 g/mol. The minimum Gasteiger partial charge on any atom is -0.480 e. The Bertz CT molecular complexity index is 375. The lowest BCUT2D eigenvalue weighted by atomic mass is 9.78. The van der Waals surface area contributed by atoms with E-state index in [1.165, 1.54) is 25.7 Å². The fourth-order valence-electron chi connectivity index (χ4n) is 2.92. The van der Waals surface area contributed by atoms with Crippen LogP contribution in [0.5, 0.6) is 5.88 Å². The summed E-state index contributed by atoms with van der Waals surface area (Å²) in [6.45, 7) is 2.34. The molecule has 1 unspecified atom stereocenters. The minimum absolute atomic E-state index is 0.251. The van der Waals surface area contributed by atoms with Crippen LogP contribution in [0.15, 0.2) is 12.4 Å². The molecule has 0 aromatic carbocycles. The average molecular weight is 249 g/mol. The van der Waals surface area contributed by atoms with E-state index in [4.69, 9.17) is 4.74 Å². The van der Waals surface area contributed by atoms with Crippen LogP contribution in [0.2, 0.25) is 0 Å². The molecule has 1 atom stereocenters. The summed E-state index contributed by atoms with van der Waals surface area (Å²) in [6, 6.07) is 0.251. The van der Waals surface area contributed by atoms with Gasteiger partial charge in [0.05, 0.1) is 13.2 Å². The third kappa shape index (κ3) is 2.80. The molecule has 0 aliphatic heterocycles. The van der Waals surface area contributed by atoms with Crippen molar-refractivity contribution < 1.29 is 4.74 Å². The van der Waals surface area contributed by atoms with Crippen molar-refractivity contribution in [1.82, 2.24) is 15.3 Å². The van der Waals surface area contributed by atoms with Gasteiger partial charge in [-0.1, -0.05) is 19.8 Å². The maximum absolute atomic E-state index is 5.33. The van der Waals surface area contributed by atoms with Crippen LogP contribution in [-0.2, 0) is 0 Å². The molecular formula is C14H23N3O. The number of aromatic nitrogens is 2. The molecule has 100 valence electrons. The van der Waals surface area contributed by atoms with Gasteiger partial charge in [-0.3, -0.25) is 4.98 Å². The first-order valence-corrected chi connectivity index (χ1v) is 6.78. The number of nitrogens with zero attached hydrogens (tertiary/aromatic N) is 2. The Morgan fingerprint density at radius 2 is 1.89 bits per heavy atom. The summed E-state index contributed by atoms with van der Waals surface area (Å²) in [4.78, 5) is 8.72. The Morgan fingerprint density at radius 3 is 2.50 bits per heavy atom. The first kappa shape index (κ1) is 13.3. The van der Waals surface area contributed by atoms with Crippen LogP contribution in [-0.4, -0.2) is 24.1 Å². The Labute approximate surface area is 109 Å². The summed E-state index contributed by atoms with van der Waals surface area (Å²) in [5.74, 6) is 2.15. The predicted octanol–water partition coefficient (Wildman–Crippen LogP) is 2.57. The van der Waals surface area contributed by atoms with E-state index in [0.717, 1.165) is 11.6 Å². The van der Waals surface area contributed by atoms with Gasteiger partial charge in [0.25, 0.3) is 0 Å². The smallest absolute Gasteiger partial charge is 0.237 e. The van der Waals surface area contributed by atoms with Gasteiger partial charge in [0.2, 0.25) is 5.88 Å². The maximum atomic E-state index is 5.33. The molecule has 2 rings (SSSR count). The molecule has 0 saturated heterocycles. The Kier molecular flexibility index (Phi) is 4.53. The zero-order valence-electron chi connectivity index (χ0n) is 11.5. The molecule has 1 aliphatic rings. The Morgan fingerprint density at radius 1 is 1.22 bits per heavy atom. The topological polar surface area (TPSA) is 47.0 Å².